The Morgan fingerprint density at radius 1 is 0.685 bits per heavy atom. The van der Waals surface area contributed by atoms with Crippen molar-refractivity contribution < 1.29 is 0 Å². The average molecular weight is 702 g/mol. The summed E-state index contributed by atoms with van der Waals surface area (Å²) in [6.07, 6.45) is 22.6. The molecule has 0 heterocycles. The topological polar surface area (TPSA) is 12.0 Å². The number of benzene rings is 5. The van der Waals surface area contributed by atoms with Crippen LogP contribution in [-0.2, 0) is 6.42 Å². The highest BCUT2D eigenvalue weighted by atomic mass is 14.8. The van der Waals surface area contributed by atoms with E-state index in [1.165, 1.54) is 100 Å². The van der Waals surface area contributed by atoms with Crippen LogP contribution in [-0.4, -0.2) is 13.6 Å². The second kappa shape index (κ2) is 15.8. The summed E-state index contributed by atoms with van der Waals surface area (Å²) in [4.78, 5) is 0. The Kier molecular flexibility index (Phi) is 10.4. The fraction of sp³-hybridized carbons (Fsp3) is 0.208. The van der Waals surface area contributed by atoms with Crippen molar-refractivity contribution in [2.24, 2.45) is 0 Å². The Morgan fingerprint density at radius 2 is 1.50 bits per heavy atom. The first kappa shape index (κ1) is 35.5. The van der Waals surface area contributed by atoms with Crippen molar-refractivity contribution in [1.29, 1.82) is 0 Å². The molecule has 0 atom stereocenters. The van der Waals surface area contributed by atoms with Crippen LogP contribution in [0.4, 0.5) is 0 Å². The maximum absolute atomic E-state index is 3.27. The van der Waals surface area contributed by atoms with E-state index < -0.39 is 0 Å². The van der Waals surface area contributed by atoms with Crippen LogP contribution in [0.25, 0.3) is 44.5 Å². The van der Waals surface area contributed by atoms with Crippen LogP contribution in [0, 0.1) is 20.8 Å². The molecule has 0 fully saturated rings. The van der Waals surface area contributed by atoms with Gasteiger partial charge < -0.3 is 5.32 Å². The third-order valence-corrected chi connectivity index (χ3v) is 11.7. The zero-order valence-corrected chi connectivity index (χ0v) is 32.3. The van der Waals surface area contributed by atoms with Gasteiger partial charge in [-0.2, -0.15) is 0 Å². The largest absolute Gasteiger partial charge is 0.316 e. The summed E-state index contributed by atoms with van der Waals surface area (Å²) in [5, 5.41) is 3.27. The van der Waals surface area contributed by atoms with Gasteiger partial charge in [-0.05, 0) is 173 Å². The van der Waals surface area contributed by atoms with E-state index >= 15 is 0 Å². The summed E-state index contributed by atoms with van der Waals surface area (Å²) in [6.45, 7) is 7.75. The zero-order chi connectivity index (χ0) is 37.0. The van der Waals surface area contributed by atoms with Crippen LogP contribution >= 0.6 is 0 Å². The molecule has 0 aromatic heterocycles. The van der Waals surface area contributed by atoms with Gasteiger partial charge in [-0.25, -0.2) is 0 Å². The highest BCUT2D eigenvalue weighted by Crippen LogP contribution is 2.44. The normalized spacial score (nSPS) is 15.4. The third-order valence-electron chi connectivity index (χ3n) is 11.7. The molecule has 0 unspecified atom stereocenters. The molecule has 1 N–H and O–H groups in total. The SMILES string of the molecule is CNC/C=C\C=C(/CC1=C(c2ccc(C)c(-c3cc(-c4ccccc4)ccc3C)c2C)C=C(C2=CC=CCC2)CC1)c1ccc2c(c1)-c1ccccc1C2. The van der Waals surface area contributed by atoms with Crippen molar-refractivity contribution in [3.05, 3.63) is 201 Å². The van der Waals surface area contributed by atoms with Crippen molar-refractivity contribution in [2.75, 3.05) is 13.6 Å². The lowest BCUT2D eigenvalue weighted by Gasteiger charge is -2.26. The van der Waals surface area contributed by atoms with Crippen LogP contribution in [0.5, 0.6) is 0 Å². The van der Waals surface area contributed by atoms with Crippen molar-refractivity contribution >= 4 is 11.1 Å². The molecule has 0 spiro atoms. The fourth-order valence-corrected chi connectivity index (χ4v) is 8.78. The molecule has 0 aliphatic heterocycles. The fourth-order valence-electron chi connectivity index (χ4n) is 8.78. The lowest BCUT2D eigenvalue weighted by molar-refractivity contribution is 0.860. The number of nitrogens with one attached hydrogen (secondary N) is 1. The summed E-state index contributed by atoms with van der Waals surface area (Å²) in [5.74, 6) is 0. The van der Waals surface area contributed by atoms with E-state index in [1.807, 2.05) is 7.05 Å². The van der Waals surface area contributed by atoms with Gasteiger partial charge in [0.15, 0.2) is 0 Å². The predicted octanol–water partition coefficient (Wildman–Crippen LogP) is 13.5. The number of hydrogen-bond acceptors (Lipinski definition) is 1. The highest BCUT2D eigenvalue weighted by molar-refractivity contribution is 5.89. The first-order chi connectivity index (χ1) is 26.5. The van der Waals surface area contributed by atoms with Gasteiger partial charge in [0, 0.05) is 6.54 Å². The van der Waals surface area contributed by atoms with E-state index in [2.05, 4.69) is 172 Å². The van der Waals surface area contributed by atoms with E-state index in [0.717, 1.165) is 45.1 Å². The predicted molar refractivity (Wildman–Crippen MR) is 233 cm³/mol. The van der Waals surface area contributed by atoms with E-state index in [1.54, 1.807) is 0 Å². The second-order valence-corrected chi connectivity index (χ2v) is 15.2. The molecule has 3 aliphatic carbocycles. The minimum atomic E-state index is 0.848. The Balaban J connectivity index is 1.27. The van der Waals surface area contributed by atoms with Crippen molar-refractivity contribution in [1.82, 2.24) is 5.32 Å². The smallest absolute Gasteiger partial charge is 0.0134 e. The zero-order valence-electron chi connectivity index (χ0n) is 32.3. The standard InChI is InChI=1S/C53H51N/c1-36-22-24-42(39-15-7-5-8-16-39)33-50(36)53-37(2)23-29-48(38(53)3)51-34-43(40-17-9-6-10-18-40)25-27-46(51)31-41(19-13-14-30-54-4)44-26-28-47-32-45-20-11-12-21-49(45)52(47)35-44/h5-9,11-17,19-24,26,28-29,33-35,54H,10,18,25,27,30-32H2,1-4H3/b14-13-,41-19+. The molecule has 54 heavy (non-hydrogen) atoms. The quantitative estimate of drug-likeness (QED) is 0.140. The van der Waals surface area contributed by atoms with Crippen LogP contribution in [0.1, 0.15) is 71.0 Å². The molecule has 0 radical (unpaired) electrons. The molecule has 5 aromatic rings. The van der Waals surface area contributed by atoms with Gasteiger partial charge in [0.2, 0.25) is 0 Å². The first-order valence-corrected chi connectivity index (χ1v) is 19.8. The monoisotopic (exact) mass is 701 g/mol. The maximum atomic E-state index is 3.27. The molecule has 3 aliphatic rings. The molecule has 5 aromatic carbocycles. The van der Waals surface area contributed by atoms with Crippen molar-refractivity contribution in [2.45, 2.75) is 59.3 Å². The number of aryl methyl sites for hydroxylation is 2. The van der Waals surface area contributed by atoms with Crippen molar-refractivity contribution in [3.8, 4) is 33.4 Å². The van der Waals surface area contributed by atoms with E-state index in [0.29, 0.717) is 0 Å². The Morgan fingerprint density at radius 3 is 2.33 bits per heavy atom. The maximum Gasteiger partial charge on any atom is 0.0134 e. The van der Waals surface area contributed by atoms with Gasteiger partial charge in [-0.3, -0.25) is 0 Å². The summed E-state index contributed by atoms with van der Waals surface area (Å²) in [5.41, 5.74) is 24.8. The average Bonchev–Trinajstić information content (AvgIpc) is 3.59. The summed E-state index contributed by atoms with van der Waals surface area (Å²) < 4.78 is 0. The summed E-state index contributed by atoms with van der Waals surface area (Å²) in [7, 11) is 2.01. The molecular weight excluding hydrogens is 651 g/mol. The number of rotatable bonds is 10. The molecule has 0 amide bonds. The van der Waals surface area contributed by atoms with Gasteiger partial charge in [0.1, 0.15) is 0 Å². The van der Waals surface area contributed by atoms with E-state index in [9.17, 15) is 0 Å². The highest BCUT2D eigenvalue weighted by Gasteiger charge is 2.24. The molecule has 0 saturated heterocycles. The minimum Gasteiger partial charge on any atom is -0.316 e. The van der Waals surface area contributed by atoms with Crippen LogP contribution in [0.2, 0.25) is 0 Å². The molecule has 8 rings (SSSR count). The summed E-state index contributed by atoms with van der Waals surface area (Å²) >= 11 is 0. The molecule has 0 saturated carbocycles. The minimum absolute atomic E-state index is 0.848. The molecule has 1 nitrogen and oxygen atoms in total. The van der Waals surface area contributed by atoms with Gasteiger partial charge in [0.05, 0.1) is 0 Å². The third kappa shape index (κ3) is 7.22. The second-order valence-electron chi connectivity index (χ2n) is 15.2. The Hall–Kier alpha value is -5.50. The molecule has 268 valence electrons. The van der Waals surface area contributed by atoms with Crippen LogP contribution in [0.3, 0.4) is 0 Å². The molecular formula is C53H51N. The number of fused-ring (bicyclic) bond motifs is 3. The number of allylic oxidation sites excluding steroid dienone is 11. The van der Waals surface area contributed by atoms with Gasteiger partial charge in [0.25, 0.3) is 0 Å². The lowest BCUT2D eigenvalue weighted by Crippen LogP contribution is -2.06. The van der Waals surface area contributed by atoms with E-state index in [4.69, 9.17) is 0 Å². The van der Waals surface area contributed by atoms with Gasteiger partial charge >= 0.3 is 0 Å². The van der Waals surface area contributed by atoms with Crippen LogP contribution < -0.4 is 5.32 Å². The van der Waals surface area contributed by atoms with Crippen molar-refractivity contribution in [3.63, 3.8) is 0 Å². The number of likely N-dealkylation sites (N-methyl/N-ethyl adjacent to an activating group) is 1. The number of hydrogen-bond donors (Lipinski definition) is 1. The van der Waals surface area contributed by atoms with Gasteiger partial charge in [-0.1, -0.05) is 139 Å². The summed E-state index contributed by atoms with van der Waals surface area (Å²) in [6, 6.07) is 38.6. The lowest BCUT2D eigenvalue weighted by atomic mass is 9.78. The first-order valence-electron chi connectivity index (χ1n) is 19.8. The molecule has 0 bridgehead atoms. The van der Waals surface area contributed by atoms with Gasteiger partial charge in [-0.15, -0.1) is 0 Å². The van der Waals surface area contributed by atoms with Crippen LogP contribution in [0.15, 0.2) is 162 Å². The molecule has 1 heteroatoms. The Bertz CT molecular complexity index is 2410. The Labute approximate surface area is 322 Å². The van der Waals surface area contributed by atoms with E-state index in [-0.39, 0.29) is 0 Å².